The monoisotopic (exact) mass is 440 g/mol. The quantitative estimate of drug-likeness (QED) is 0.586. The molecule has 0 unspecified atom stereocenters. The van der Waals surface area contributed by atoms with Gasteiger partial charge in [0.2, 0.25) is 0 Å². The number of carbonyl (C=O) groups excluding carboxylic acids is 1. The highest BCUT2D eigenvalue weighted by molar-refractivity contribution is 8.14. The molecule has 4 rings (SSSR count). The summed E-state index contributed by atoms with van der Waals surface area (Å²) in [6.45, 7) is 0.870. The number of hydrogen-bond acceptors (Lipinski definition) is 7. The summed E-state index contributed by atoms with van der Waals surface area (Å²) in [5.41, 5.74) is 1.95. The van der Waals surface area contributed by atoms with Crippen molar-refractivity contribution < 1.29 is 19.0 Å². The van der Waals surface area contributed by atoms with Crippen LogP contribution >= 0.6 is 11.8 Å². The van der Waals surface area contributed by atoms with Crippen LogP contribution in [0.15, 0.2) is 65.7 Å². The van der Waals surface area contributed by atoms with Crippen LogP contribution in [-0.2, 0) is 32.2 Å². The Morgan fingerprint density at radius 2 is 1.55 bits per heavy atom. The summed E-state index contributed by atoms with van der Waals surface area (Å²) in [6, 6.07) is 19.9. The van der Waals surface area contributed by atoms with E-state index in [2.05, 4.69) is 0 Å². The number of ether oxygens (including phenoxy) is 3. The first-order valence-corrected chi connectivity index (χ1v) is 11.4. The first-order valence-electron chi connectivity index (χ1n) is 10.5. The van der Waals surface area contributed by atoms with Crippen LogP contribution in [0.5, 0.6) is 0 Å². The van der Waals surface area contributed by atoms with Crippen molar-refractivity contribution in [1.82, 2.24) is 4.90 Å². The van der Waals surface area contributed by atoms with E-state index in [1.807, 2.05) is 79.7 Å². The summed E-state index contributed by atoms with van der Waals surface area (Å²) < 4.78 is 19.1. The Bertz CT molecular complexity index is 878. The van der Waals surface area contributed by atoms with Crippen LogP contribution in [0, 0.1) is 0 Å². The van der Waals surface area contributed by atoms with E-state index in [0.29, 0.717) is 13.2 Å². The Morgan fingerprint density at radius 3 is 2.10 bits per heavy atom. The number of carbonyl (C=O) groups is 1. The smallest absolute Gasteiger partial charge is 0.161 e. The molecule has 31 heavy (non-hydrogen) atoms. The van der Waals surface area contributed by atoms with Crippen LogP contribution in [0.4, 0.5) is 0 Å². The Kier molecular flexibility index (Phi) is 7.40. The van der Waals surface area contributed by atoms with E-state index in [1.54, 1.807) is 11.8 Å². The maximum Gasteiger partial charge on any atom is 0.161 e. The molecule has 0 radical (unpaired) electrons. The SMILES string of the molecule is CN(C)C1=N[C@@H]2[C@@H](OCc3ccccc3)[C@@H](OCc3ccccc3)[C@H](CC=O)O[C@@H]2S1. The zero-order valence-electron chi connectivity index (χ0n) is 17.8. The number of amidine groups is 1. The third-order valence-electron chi connectivity index (χ3n) is 5.38. The minimum absolute atomic E-state index is 0.195. The molecule has 1 saturated heterocycles. The summed E-state index contributed by atoms with van der Waals surface area (Å²) in [5, 5.41) is 0.900. The average Bonchev–Trinajstić information content (AvgIpc) is 3.22. The molecule has 2 aromatic rings. The van der Waals surface area contributed by atoms with Gasteiger partial charge in [-0.3, -0.25) is 4.99 Å². The van der Waals surface area contributed by atoms with E-state index in [-0.39, 0.29) is 30.1 Å². The molecule has 0 amide bonds. The van der Waals surface area contributed by atoms with Crippen molar-refractivity contribution in [3.63, 3.8) is 0 Å². The van der Waals surface area contributed by atoms with Gasteiger partial charge in [0, 0.05) is 20.5 Å². The first-order chi connectivity index (χ1) is 15.2. The van der Waals surface area contributed by atoms with Crippen molar-refractivity contribution >= 4 is 23.2 Å². The van der Waals surface area contributed by atoms with E-state index in [9.17, 15) is 4.79 Å². The van der Waals surface area contributed by atoms with Gasteiger partial charge in [0.15, 0.2) is 5.17 Å². The van der Waals surface area contributed by atoms with Gasteiger partial charge in [-0.2, -0.15) is 0 Å². The molecule has 0 spiro atoms. The average molecular weight is 441 g/mol. The van der Waals surface area contributed by atoms with Crippen molar-refractivity contribution in [3.8, 4) is 0 Å². The molecule has 164 valence electrons. The van der Waals surface area contributed by atoms with Gasteiger partial charge in [-0.1, -0.05) is 72.4 Å². The maximum atomic E-state index is 11.4. The molecule has 2 aromatic carbocycles. The highest BCUT2D eigenvalue weighted by atomic mass is 32.2. The molecule has 2 aliphatic rings. The number of aldehydes is 1. The number of hydrogen-bond donors (Lipinski definition) is 0. The molecule has 2 aliphatic heterocycles. The topological polar surface area (TPSA) is 60.4 Å². The number of thioether (sulfide) groups is 1. The predicted molar refractivity (Wildman–Crippen MR) is 122 cm³/mol. The normalized spacial score (nSPS) is 27.4. The van der Waals surface area contributed by atoms with Crippen molar-refractivity contribution in [3.05, 3.63) is 71.8 Å². The fourth-order valence-electron chi connectivity index (χ4n) is 3.82. The van der Waals surface area contributed by atoms with Gasteiger partial charge in [0.1, 0.15) is 30.0 Å². The Morgan fingerprint density at radius 1 is 0.968 bits per heavy atom. The second-order valence-electron chi connectivity index (χ2n) is 7.88. The van der Waals surface area contributed by atoms with Crippen LogP contribution in [0.3, 0.4) is 0 Å². The molecule has 0 bridgehead atoms. The van der Waals surface area contributed by atoms with Crippen molar-refractivity contribution in [2.45, 2.75) is 49.4 Å². The van der Waals surface area contributed by atoms with Gasteiger partial charge in [-0.15, -0.1) is 0 Å². The largest absolute Gasteiger partial charge is 0.368 e. The van der Waals surface area contributed by atoms with Gasteiger partial charge in [0.25, 0.3) is 0 Å². The molecule has 1 fully saturated rings. The van der Waals surface area contributed by atoms with Crippen molar-refractivity contribution in [2.24, 2.45) is 4.99 Å². The molecule has 0 N–H and O–H groups in total. The number of rotatable bonds is 8. The minimum Gasteiger partial charge on any atom is -0.368 e. The van der Waals surface area contributed by atoms with Gasteiger partial charge in [0.05, 0.1) is 19.3 Å². The highest BCUT2D eigenvalue weighted by Gasteiger charge is 2.50. The number of fused-ring (bicyclic) bond motifs is 1. The van der Waals surface area contributed by atoms with Gasteiger partial charge < -0.3 is 23.9 Å². The number of nitrogens with zero attached hydrogens (tertiary/aromatic N) is 2. The first kappa shape index (κ1) is 22.0. The van der Waals surface area contributed by atoms with E-state index < -0.39 is 6.10 Å². The third kappa shape index (κ3) is 5.36. The lowest BCUT2D eigenvalue weighted by Crippen LogP contribution is -2.56. The molecule has 5 atom stereocenters. The second-order valence-corrected chi connectivity index (χ2v) is 8.95. The molecule has 6 nitrogen and oxygen atoms in total. The van der Waals surface area contributed by atoms with Gasteiger partial charge in [-0.05, 0) is 11.1 Å². The summed E-state index contributed by atoms with van der Waals surface area (Å²) >= 11 is 1.58. The molecule has 0 saturated carbocycles. The Labute approximate surface area is 187 Å². The molecule has 0 aliphatic carbocycles. The lowest BCUT2D eigenvalue weighted by Gasteiger charge is -2.42. The lowest BCUT2D eigenvalue weighted by molar-refractivity contribution is -0.197. The van der Waals surface area contributed by atoms with E-state index in [0.717, 1.165) is 22.6 Å². The van der Waals surface area contributed by atoms with Gasteiger partial charge >= 0.3 is 0 Å². The fourth-order valence-corrected chi connectivity index (χ4v) is 4.97. The van der Waals surface area contributed by atoms with E-state index in [1.165, 1.54) is 0 Å². The molecular weight excluding hydrogens is 412 g/mol. The maximum absolute atomic E-state index is 11.4. The molecular formula is C24H28N2O4S. The van der Waals surface area contributed by atoms with Crippen LogP contribution in [0.1, 0.15) is 17.5 Å². The summed E-state index contributed by atoms with van der Waals surface area (Å²) in [5.74, 6) is 0. The fraction of sp³-hybridized carbons (Fsp3) is 0.417. The lowest BCUT2D eigenvalue weighted by atomic mass is 9.95. The third-order valence-corrected chi connectivity index (χ3v) is 6.68. The van der Waals surface area contributed by atoms with Crippen LogP contribution in [0.25, 0.3) is 0 Å². The van der Waals surface area contributed by atoms with E-state index in [4.69, 9.17) is 19.2 Å². The van der Waals surface area contributed by atoms with Crippen molar-refractivity contribution in [1.29, 1.82) is 0 Å². The predicted octanol–water partition coefficient (Wildman–Crippen LogP) is 3.50. The summed E-state index contributed by atoms with van der Waals surface area (Å²) in [7, 11) is 3.94. The van der Waals surface area contributed by atoms with Crippen LogP contribution in [0.2, 0.25) is 0 Å². The van der Waals surface area contributed by atoms with Crippen LogP contribution < -0.4 is 0 Å². The summed E-state index contributed by atoms with van der Waals surface area (Å²) in [6.07, 6.45) is 0.0447. The van der Waals surface area contributed by atoms with Crippen LogP contribution in [-0.4, -0.2) is 60.2 Å². The Hall–Kier alpha value is -2.19. The minimum atomic E-state index is -0.402. The second kappa shape index (κ2) is 10.4. The number of benzene rings is 2. The zero-order chi connectivity index (χ0) is 21.6. The van der Waals surface area contributed by atoms with E-state index >= 15 is 0 Å². The zero-order valence-corrected chi connectivity index (χ0v) is 18.6. The van der Waals surface area contributed by atoms with Crippen molar-refractivity contribution in [2.75, 3.05) is 14.1 Å². The Balaban J connectivity index is 1.58. The number of aliphatic imine (C=N–C) groups is 1. The van der Waals surface area contributed by atoms with Gasteiger partial charge in [-0.25, -0.2) is 0 Å². The molecule has 2 heterocycles. The molecule has 7 heteroatoms. The highest BCUT2D eigenvalue weighted by Crippen LogP contribution is 2.40. The summed E-state index contributed by atoms with van der Waals surface area (Å²) in [4.78, 5) is 18.3. The molecule has 0 aromatic heterocycles. The standard InChI is InChI=1S/C24H28N2O4S/c1-26(2)24-25-20-22(29-16-18-11-7-4-8-12-18)21(19(13-14-27)30-23(20)31-24)28-15-17-9-5-3-6-10-17/h3-12,14,19-23H,13,15-16H2,1-2H3/t19-,20+,21-,22+,23+/m0/s1.